The number of sulfonamides is 1. The van der Waals surface area contributed by atoms with Crippen LogP contribution in [0, 0.1) is 12.3 Å². The van der Waals surface area contributed by atoms with Gasteiger partial charge in [0.2, 0.25) is 0 Å². The third-order valence-electron chi connectivity index (χ3n) is 3.38. The molecule has 2 heterocycles. The fourth-order valence-electron chi connectivity index (χ4n) is 2.60. The zero-order chi connectivity index (χ0) is 15.3. The summed E-state index contributed by atoms with van der Waals surface area (Å²) in [4.78, 5) is 0. The van der Waals surface area contributed by atoms with Gasteiger partial charge in [0, 0.05) is 31.1 Å². The Kier molecular flexibility index (Phi) is 3.41. The molecule has 0 spiro atoms. The molecule has 0 amide bonds. The van der Waals surface area contributed by atoms with Gasteiger partial charge in [0.05, 0.1) is 12.6 Å². The molecule has 0 radical (unpaired) electrons. The molecule has 114 valence electrons. The zero-order valence-electron chi connectivity index (χ0n) is 11.4. The van der Waals surface area contributed by atoms with E-state index in [1.807, 2.05) is 0 Å². The average Bonchev–Trinajstić information content (AvgIpc) is 2.52. The standard InChI is InChI=1S/C11H16F3N3O2S/c1-8-4-15-16(3)9(8)20(18,19)17-6-10(2,7-17)5-11(12,13)14/h4H,5-7H2,1-3H3. The summed E-state index contributed by atoms with van der Waals surface area (Å²) in [5.41, 5.74) is -0.561. The van der Waals surface area contributed by atoms with Crippen LogP contribution < -0.4 is 0 Å². The van der Waals surface area contributed by atoms with E-state index in [-0.39, 0.29) is 18.1 Å². The lowest BCUT2D eigenvalue weighted by Gasteiger charge is -2.47. The summed E-state index contributed by atoms with van der Waals surface area (Å²) in [6.07, 6.45) is -3.84. The van der Waals surface area contributed by atoms with Crippen molar-refractivity contribution in [3.8, 4) is 0 Å². The maximum Gasteiger partial charge on any atom is 0.389 e. The number of alkyl halides is 3. The Labute approximate surface area is 115 Å². The molecule has 0 bridgehead atoms. The maximum absolute atomic E-state index is 12.4. The number of halogens is 3. The average molecular weight is 311 g/mol. The Morgan fingerprint density at radius 2 is 1.95 bits per heavy atom. The highest BCUT2D eigenvalue weighted by Gasteiger charge is 2.51. The van der Waals surface area contributed by atoms with E-state index in [1.54, 1.807) is 6.92 Å². The molecule has 5 nitrogen and oxygen atoms in total. The van der Waals surface area contributed by atoms with Crippen molar-refractivity contribution in [2.75, 3.05) is 13.1 Å². The predicted molar refractivity (Wildman–Crippen MR) is 65.5 cm³/mol. The van der Waals surface area contributed by atoms with Crippen LogP contribution in [0.15, 0.2) is 11.2 Å². The molecule has 0 N–H and O–H groups in total. The highest BCUT2D eigenvalue weighted by atomic mass is 32.2. The number of hydrogen-bond donors (Lipinski definition) is 0. The first kappa shape index (κ1) is 15.3. The fourth-order valence-corrected chi connectivity index (χ4v) is 4.65. The van der Waals surface area contributed by atoms with Gasteiger partial charge in [-0.1, -0.05) is 6.92 Å². The Balaban J connectivity index is 2.17. The molecule has 0 unspecified atom stereocenters. The third kappa shape index (κ3) is 2.69. The molecule has 0 aromatic carbocycles. The van der Waals surface area contributed by atoms with Crippen LogP contribution in [0.5, 0.6) is 0 Å². The predicted octanol–water partition coefficient (Wildman–Crippen LogP) is 1.69. The van der Waals surface area contributed by atoms with Crippen LogP contribution in [0.25, 0.3) is 0 Å². The molecular formula is C11H16F3N3O2S. The molecule has 1 fully saturated rings. The Morgan fingerprint density at radius 3 is 2.35 bits per heavy atom. The van der Waals surface area contributed by atoms with Gasteiger partial charge in [-0.25, -0.2) is 8.42 Å². The molecular weight excluding hydrogens is 295 g/mol. The van der Waals surface area contributed by atoms with Crippen LogP contribution >= 0.6 is 0 Å². The van der Waals surface area contributed by atoms with E-state index in [4.69, 9.17) is 0 Å². The molecule has 0 atom stereocenters. The molecule has 1 saturated heterocycles. The molecule has 20 heavy (non-hydrogen) atoms. The number of nitrogens with zero attached hydrogens (tertiary/aromatic N) is 3. The van der Waals surface area contributed by atoms with Crippen molar-refractivity contribution in [2.24, 2.45) is 12.5 Å². The lowest BCUT2D eigenvalue weighted by molar-refractivity contribution is -0.169. The van der Waals surface area contributed by atoms with E-state index in [2.05, 4.69) is 5.10 Å². The van der Waals surface area contributed by atoms with Crippen molar-refractivity contribution < 1.29 is 21.6 Å². The minimum atomic E-state index is -4.28. The molecule has 2 rings (SSSR count). The summed E-state index contributed by atoms with van der Waals surface area (Å²) in [6, 6.07) is 0. The van der Waals surface area contributed by atoms with Crippen LogP contribution in [0.4, 0.5) is 13.2 Å². The molecule has 1 aliphatic heterocycles. The van der Waals surface area contributed by atoms with E-state index >= 15 is 0 Å². The number of rotatable bonds is 3. The van der Waals surface area contributed by atoms with Crippen LogP contribution in [-0.2, 0) is 17.1 Å². The van der Waals surface area contributed by atoms with Gasteiger partial charge in [-0.05, 0) is 6.92 Å². The molecule has 1 aromatic heterocycles. The van der Waals surface area contributed by atoms with Crippen molar-refractivity contribution in [3.05, 3.63) is 11.8 Å². The minimum absolute atomic E-state index is 0.0339. The molecule has 1 aliphatic rings. The van der Waals surface area contributed by atoms with E-state index in [0.717, 1.165) is 4.31 Å². The monoisotopic (exact) mass is 311 g/mol. The Morgan fingerprint density at radius 1 is 1.40 bits per heavy atom. The van der Waals surface area contributed by atoms with Gasteiger partial charge >= 0.3 is 6.18 Å². The van der Waals surface area contributed by atoms with Gasteiger partial charge in [-0.3, -0.25) is 4.68 Å². The molecule has 0 saturated carbocycles. The minimum Gasteiger partial charge on any atom is -0.256 e. The highest BCUT2D eigenvalue weighted by Crippen LogP contribution is 2.42. The van der Waals surface area contributed by atoms with Crippen molar-refractivity contribution in [1.82, 2.24) is 14.1 Å². The summed E-state index contributed by atoms with van der Waals surface area (Å²) in [5, 5.41) is 3.88. The second-order valence-electron chi connectivity index (χ2n) is 5.63. The molecule has 0 aliphatic carbocycles. The van der Waals surface area contributed by atoms with Gasteiger partial charge in [0.25, 0.3) is 10.0 Å². The summed E-state index contributed by atoms with van der Waals surface area (Å²) in [6.45, 7) is 2.80. The van der Waals surface area contributed by atoms with Crippen LogP contribution in [0.2, 0.25) is 0 Å². The first-order chi connectivity index (χ1) is 8.95. The van der Waals surface area contributed by atoms with Crippen molar-refractivity contribution in [1.29, 1.82) is 0 Å². The largest absolute Gasteiger partial charge is 0.389 e. The first-order valence-corrected chi connectivity index (χ1v) is 7.44. The topological polar surface area (TPSA) is 55.2 Å². The van der Waals surface area contributed by atoms with Crippen molar-refractivity contribution in [2.45, 2.75) is 31.5 Å². The highest BCUT2D eigenvalue weighted by molar-refractivity contribution is 7.89. The van der Waals surface area contributed by atoms with Crippen molar-refractivity contribution in [3.63, 3.8) is 0 Å². The van der Waals surface area contributed by atoms with Crippen molar-refractivity contribution >= 4 is 10.0 Å². The smallest absolute Gasteiger partial charge is 0.256 e. The lowest BCUT2D eigenvalue weighted by Crippen LogP contribution is -2.58. The van der Waals surface area contributed by atoms with Gasteiger partial charge in [0.1, 0.15) is 0 Å². The third-order valence-corrected chi connectivity index (χ3v) is 5.40. The van der Waals surface area contributed by atoms with Crippen LogP contribution in [-0.4, -0.2) is 41.8 Å². The molecule has 1 aromatic rings. The summed E-state index contributed by atoms with van der Waals surface area (Å²) in [7, 11) is -2.29. The number of aryl methyl sites for hydroxylation is 2. The zero-order valence-corrected chi connectivity index (χ0v) is 12.2. The summed E-state index contributed by atoms with van der Waals surface area (Å²) >= 11 is 0. The van der Waals surface area contributed by atoms with Gasteiger partial charge in [0.15, 0.2) is 5.03 Å². The van der Waals surface area contributed by atoms with Gasteiger partial charge < -0.3 is 0 Å². The number of hydrogen-bond acceptors (Lipinski definition) is 3. The summed E-state index contributed by atoms with van der Waals surface area (Å²) in [5.74, 6) is 0. The quantitative estimate of drug-likeness (QED) is 0.853. The maximum atomic E-state index is 12.4. The van der Waals surface area contributed by atoms with Crippen LogP contribution in [0.3, 0.4) is 0 Å². The normalized spacial score (nSPS) is 19.9. The Bertz CT molecular complexity index is 596. The lowest BCUT2D eigenvalue weighted by atomic mass is 9.80. The van der Waals surface area contributed by atoms with E-state index in [1.165, 1.54) is 24.9 Å². The second-order valence-corrected chi connectivity index (χ2v) is 7.49. The van der Waals surface area contributed by atoms with E-state index < -0.39 is 28.0 Å². The number of aromatic nitrogens is 2. The SMILES string of the molecule is Cc1cnn(C)c1S(=O)(=O)N1CC(C)(CC(F)(F)F)C1. The Hall–Kier alpha value is -1.09. The molecule has 9 heteroatoms. The van der Waals surface area contributed by atoms with Gasteiger partial charge in [-0.15, -0.1) is 0 Å². The van der Waals surface area contributed by atoms with E-state index in [0.29, 0.717) is 5.56 Å². The van der Waals surface area contributed by atoms with E-state index in [9.17, 15) is 21.6 Å². The second kappa shape index (κ2) is 4.45. The first-order valence-electron chi connectivity index (χ1n) is 6.00. The van der Waals surface area contributed by atoms with Gasteiger partial charge in [-0.2, -0.15) is 22.6 Å². The van der Waals surface area contributed by atoms with Crippen LogP contribution in [0.1, 0.15) is 18.9 Å². The summed E-state index contributed by atoms with van der Waals surface area (Å²) < 4.78 is 64.3. The fraction of sp³-hybridized carbons (Fsp3) is 0.727.